The summed E-state index contributed by atoms with van der Waals surface area (Å²) in [5, 5.41) is 11.7. The van der Waals surface area contributed by atoms with Gasteiger partial charge in [0.2, 0.25) is 0 Å². The molecule has 2 N–H and O–H groups in total. The topological polar surface area (TPSA) is 66.4 Å². The van der Waals surface area contributed by atoms with E-state index in [9.17, 15) is 9.59 Å². The molecule has 0 aliphatic rings. The molecule has 0 saturated heterocycles. The van der Waals surface area contributed by atoms with Gasteiger partial charge in [0.15, 0.2) is 0 Å². The van der Waals surface area contributed by atoms with E-state index in [1.165, 1.54) is 0 Å². The van der Waals surface area contributed by atoms with Crippen LogP contribution in [-0.4, -0.2) is 29.3 Å². The number of hydrogen-bond acceptors (Lipinski definition) is 3. The van der Waals surface area contributed by atoms with Gasteiger partial charge in [0, 0.05) is 10.5 Å². The van der Waals surface area contributed by atoms with E-state index in [1.807, 2.05) is 32.2 Å². The Kier molecular flexibility index (Phi) is 5.89. The summed E-state index contributed by atoms with van der Waals surface area (Å²) in [6.07, 6.45) is 2.65. The van der Waals surface area contributed by atoms with E-state index in [0.717, 1.165) is 4.90 Å². The average Bonchev–Trinajstić information content (AvgIpc) is 2.43. The summed E-state index contributed by atoms with van der Waals surface area (Å²) in [7, 11) is 0. The summed E-state index contributed by atoms with van der Waals surface area (Å²) in [5.41, 5.74) is 0.479. The molecule has 0 radical (unpaired) electrons. The molecule has 0 heterocycles. The maximum Gasteiger partial charge on any atom is 0.326 e. The fourth-order valence-corrected chi connectivity index (χ4v) is 2.06. The van der Waals surface area contributed by atoms with Gasteiger partial charge in [-0.15, -0.1) is 11.8 Å². The highest BCUT2D eigenvalue weighted by Gasteiger charge is 2.25. The molecular formula is C14H19NO3S. The van der Waals surface area contributed by atoms with E-state index in [1.54, 1.807) is 23.9 Å². The number of benzene rings is 1. The summed E-state index contributed by atoms with van der Waals surface area (Å²) >= 11 is 1.59. The van der Waals surface area contributed by atoms with Gasteiger partial charge in [-0.2, -0.15) is 0 Å². The predicted molar refractivity (Wildman–Crippen MR) is 76.6 cm³/mol. The molecule has 0 aromatic heterocycles. The van der Waals surface area contributed by atoms with Crippen molar-refractivity contribution in [3.63, 3.8) is 0 Å². The smallest absolute Gasteiger partial charge is 0.326 e. The highest BCUT2D eigenvalue weighted by molar-refractivity contribution is 7.98. The number of amides is 1. The van der Waals surface area contributed by atoms with E-state index in [0.29, 0.717) is 12.0 Å². The van der Waals surface area contributed by atoms with Gasteiger partial charge in [-0.3, -0.25) is 4.79 Å². The lowest BCUT2D eigenvalue weighted by Gasteiger charge is -2.20. The number of nitrogens with one attached hydrogen (secondary N) is 1. The summed E-state index contributed by atoms with van der Waals surface area (Å²) in [4.78, 5) is 24.2. The van der Waals surface area contributed by atoms with Crippen molar-refractivity contribution >= 4 is 23.6 Å². The third kappa shape index (κ3) is 4.28. The second kappa shape index (κ2) is 7.19. The number of aliphatic carboxylic acids is 1. The van der Waals surface area contributed by atoms with Crippen LogP contribution in [0.2, 0.25) is 0 Å². The maximum absolute atomic E-state index is 12.0. The van der Waals surface area contributed by atoms with Crippen LogP contribution in [0.25, 0.3) is 0 Å². The molecular weight excluding hydrogens is 262 g/mol. The number of rotatable bonds is 6. The first-order valence-corrected chi connectivity index (χ1v) is 7.39. The normalized spacial score (nSPS) is 13.6. The van der Waals surface area contributed by atoms with Crippen LogP contribution >= 0.6 is 11.8 Å². The molecule has 1 aromatic rings. The molecule has 104 valence electrons. The van der Waals surface area contributed by atoms with Crippen LogP contribution in [0.15, 0.2) is 29.2 Å². The van der Waals surface area contributed by atoms with Crippen molar-refractivity contribution in [2.75, 3.05) is 6.26 Å². The van der Waals surface area contributed by atoms with Crippen LogP contribution in [-0.2, 0) is 4.79 Å². The number of carbonyl (C=O) groups is 2. The lowest BCUT2D eigenvalue weighted by molar-refractivity contribution is -0.140. The Morgan fingerprint density at radius 1 is 1.32 bits per heavy atom. The minimum atomic E-state index is -0.997. The van der Waals surface area contributed by atoms with Gasteiger partial charge in [0.25, 0.3) is 5.91 Å². The highest BCUT2D eigenvalue weighted by Crippen LogP contribution is 2.15. The minimum Gasteiger partial charge on any atom is -0.480 e. The average molecular weight is 281 g/mol. The largest absolute Gasteiger partial charge is 0.480 e. The Balaban J connectivity index is 2.78. The SMILES string of the molecule is CCC(C)[C@H](NC(=O)c1ccc(SC)cc1)C(=O)O. The first kappa shape index (κ1) is 15.6. The van der Waals surface area contributed by atoms with Gasteiger partial charge >= 0.3 is 5.97 Å². The first-order valence-electron chi connectivity index (χ1n) is 6.17. The standard InChI is InChI=1S/C14H19NO3S/c1-4-9(2)12(14(17)18)15-13(16)10-5-7-11(19-3)8-6-10/h5-9,12H,4H2,1-3H3,(H,15,16)(H,17,18)/t9?,12-/m0/s1. The summed E-state index contributed by atoms with van der Waals surface area (Å²) in [5.74, 6) is -1.45. The fourth-order valence-electron chi connectivity index (χ4n) is 1.65. The molecule has 1 aromatic carbocycles. The third-order valence-corrected chi connectivity index (χ3v) is 3.86. The molecule has 0 bridgehead atoms. The van der Waals surface area contributed by atoms with E-state index in [2.05, 4.69) is 5.32 Å². The molecule has 2 atom stereocenters. The molecule has 19 heavy (non-hydrogen) atoms. The second-order valence-corrected chi connectivity index (χ2v) is 5.28. The number of carboxylic acid groups (broad SMARTS) is 1. The van der Waals surface area contributed by atoms with Crippen LogP contribution in [0.5, 0.6) is 0 Å². The lowest BCUT2D eigenvalue weighted by atomic mass is 9.99. The van der Waals surface area contributed by atoms with E-state index >= 15 is 0 Å². The summed E-state index contributed by atoms with van der Waals surface area (Å²) in [6, 6.07) is 6.25. The second-order valence-electron chi connectivity index (χ2n) is 4.40. The third-order valence-electron chi connectivity index (χ3n) is 3.12. The van der Waals surface area contributed by atoms with E-state index in [4.69, 9.17) is 5.11 Å². The van der Waals surface area contributed by atoms with Gasteiger partial charge < -0.3 is 10.4 Å². The summed E-state index contributed by atoms with van der Waals surface area (Å²) in [6.45, 7) is 3.72. The van der Waals surface area contributed by atoms with Crippen molar-refractivity contribution in [1.29, 1.82) is 0 Å². The van der Waals surface area contributed by atoms with Crippen molar-refractivity contribution in [2.24, 2.45) is 5.92 Å². The Morgan fingerprint density at radius 2 is 1.89 bits per heavy atom. The van der Waals surface area contributed by atoms with Crippen molar-refractivity contribution in [3.8, 4) is 0 Å². The number of hydrogen-bond donors (Lipinski definition) is 2. The Bertz CT molecular complexity index is 445. The molecule has 4 nitrogen and oxygen atoms in total. The van der Waals surface area contributed by atoms with Crippen LogP contribution in [0.4, 0.5) is 0 Å². The van der Waals surface area contributed by atoms with Crippen molar-refractivity contribution in [1.82, 2.24) is 5.32 Å². The van der Waals surface area contributed by atoms with Crippen LogP contribution in [0.1, 0.15) is 30.6 Å². The zero-order chi connectivity index (χ0) is 14.4. The quantitative estimate of drug-likeness (QED) is 0.787. The monoisotopic (exact) mass is 281 g/mol. The molecule has 1 rings (SSSR count). The van der Waals surface area contributed by atoms with Gasteiger partial charge in [0.05, 0.1) is 0 Å². The number of thioether (sulfide) groups is 1. The molecule has 0 aliphatic carbocycles. The lowest BCUT2D eigenvalue weighted by Crippen LogP contribution is -2.45. The van der Waals surface area contributed by atoms with Crippen LogP contribution in [0, 0.1) is 5.92 Å². The number of carbonyl (C=O) groups excluding carboxylic acids is 1. The van der Waals surface area contributed by atoms with Crippen molar-refractivity contribution < 1.29 is 14.7 Å². The number of carboxylic acids is 1. The minimum absolute atomic E-state index is 0.105. The molecule has 0 fully saturated rings. The predicted octanol–water partition coefficient (Wildman–Crippen LogP) is 2.64. The zero-order valence-corrected chi connectivity index (χ0v) is 12.2. The van der Waals surface area contributed by atoms with Gasteiger partial charge in [0.1, 0.15) is 6.04 Å². The van der Waals surface area contributed by atoms with Crippen LogP contribution < -0.4 is 5.32 Å². The maximum atomic E-state index is 12.0. The van der Waals surface area contributed by atoms with Crippen molar-refractivity contribution in [2.45, 2.75) is 31.2 Å². The van der Waals surface area contributed by atoms with Gasteiger partial charge in [-0.05, 0) is 36.4 Å². The van der Waals surface area contributed by atoms with Gasteiger partial charge in [-0.25, -0.2) is 4.79 Å². The van der Waals surface area contributed by atoms with E-state index in [-0.39, 0.29) is 11.8 Å². The fraction of sp³-hybridized carbons (Fsp3) is 0.429. The Morgan fingerprint density at radius 3 is 2.32 bits per heavy atom. The Labute approximate surface area is 117 Å². The molecule has 1 unspecified atom stereocenters. The molecule has 0 aliphatic heterocycles. The molecule has 0 saturated carbocycles. The van der Waals surface area contributed by atoms with Crippen molar-refractivity contribution in [3.05, 3.63) is 29.8 Å². The summed E-state index contributed by atoms with van der Waals surface area (Å²) < 4.78 is 0. The first-order chi connectivity index (χ1) is 8.99. The molecule has 0 spiro atoms. The van der Waals surface area contributed by atoms with Crippen LogP contribution in [0.3, 0.4) is 0 Å². The van der Waals surface area contributed by atoms with E-state index < -0.39 is 12.0 Å². The molecule has 5 heteroatoms. The molecule has 1 amide bonds. The Hall–Kier alpha value is -1.49. The van der Waals surface area contributed by atoms with Gasteiger partial charge in [-0.1, -0.05) is 20.3 Å². The highest BCUT2D eigenvalue weighted by atomic mass is 32.2. The zero-order valence-electron chi connectivity index (χ0n) is 11.3.